The molecule has 1 aromatic rings. The van der Waals surface area contributed by atoms with Gasteiger partial charge in [-0.3, -0.25) is 4.79 Å². The van der Waals surface area contributed by atoms with E-state index in [-0.39, 0.29) is 17.8 Å². The van der Waals surface area contributed by atoms with Crippen molar-refractivity contribution in [1.29, 1.82) is 0 Å². The average molecular weight is 309 g/mol. The third kappa shape index (κ3) is 4.05. The molecule has 116 valence electrons. The molecule has 1 saturated heterocycles. The minimum Gasteiger partial charge on any atom is -0.353 e. The molecule has 1 amide bonds. The van der Waals surface area contributed by atoms with Crippen LogP contribution in [-0.2, 0) is 20.7 Å². The molecule has 0 bridgehead atoms. The Labute approximate surface area is 129 Å². The molecule has 2 fully saturated rings. The lowest BCUT2D eigenvalue weighted by Gasteiger charge is -2.31. The van der Waals surface area contributed by atoms with Gasteiger partial charge in [-0.2, -0.15) is 11.3 Å². The first kappa shape index (κ1) is 15.0. The maximum Gasteiger partial charge on any atom is 0.220 e. The molecule has 1 N–H and O–H groups in total. The molecular formula is C16H23NO3S. The van der Waals surface area contributed by atoms with Crippen molar-refractivity contribution in [2.45, 2.75) is 56.8 Å². The number of thiophene rings is 1. The number of nitrogens with one attached hydrogen (secondary N) is 1. The highest BCUT2D eigenvalue weighted by Crippen LogP contribution is 2.37. The molecule has 1 saturated carbocycles. The molecule has 1 aromatic heterocycles. The molecule has 0 aromatic carbocycles. The predicted octanol–water partition coefficient (Wildman–Crippen LogP) is 2.87. The van der Waals surface area contributed by atoms with E-state index in [0.717, 1.165) is 19.3 Å². The normalized spacial score (nSPS) is 24.3. The van der Waals surface area contributed by atoms with Gasteiger partial charge in [-0.25, -0.2) is 0 Å². The maximum atomic E-state index is 11.9. The van der Waals surface area contributed by atoms with E-state index < -0.39 is 0 Å². The van der Waals surface area contributed by atoms with Gasteiger partial charge in [0.2, 0.25) is 5.91 Å². The van der Waals surface area contributed by atoms with Gasteiger partial charge >= 0.3 is 0 Å². The Morgan fingerprint density at radius 2 is 2.24 bits per heavy atom. The van der Waals surface area contributed by atoms with Crippen molar-refractivity contribution < 1.29 is 14.3 Å². The van der Waals surface area contributed by atoms with Crippen LogP contribution in [0.3, 0.4) is 0 Å². The zero-order valence-electron chi connectivity index (χ0n) is 12.3. The lowest BCUT2D eigenvalue weighted by atomic mass is 9.94. The Hall–Kier alpha value is -0.910. The summed E-state index contributed by atoms with van der Waals surface area (Å²) < 4.78 is 11.9. The van der Waals surface area contributed by atoms with E-state index in [1.54, 1.807) is 11.3 Å². The third-order valence-corrected chi connectivity index (χ3v) is 5.01. The van der Waals surface area contributed by atoms with E-state index in [2.05, 4.69) is 16.8 Å². The van der Waals surface area contributed by atoms with Crippen molar-refractivity contribution in [3.05, 3.63) is 22.4 Å². The SMILES string of the molecule is O=C(CCc1ccsc1)NC[C@H]1COC2(CCCCC2)O1. The fraction of sp³-hybridized carbons (Fsp3) is 0.688. The van der Waals surface area contributed by atoms with Gasteiger partial charge in [0.15, 0.2) is 5.79 Å². The van der Waals surface area contributed by atoms with Crippen molar-refractivity contribution >= 4 is 17.2 Å². The first-order chi connectivity index (χ1) is 10.3. The van der Waals surface area contributed by atoms with Gasteiger partial charge < -0.3 is 14.8 Å². The predicted molar refractivity (Wildman–Crippen MR) is 82.3 cm³/mol. The van der Waals surface area contributed by atoms with E-state index >= 15 is 0 Å². The Morgan fingerprint density at radius 3 is 3.00 bits per heavy atom. The van der Waals surface area contributed by atoms with Gasteiger partial charge in [0.25, 0.3) is 0 Å². The van der Waals surface area contributed by atoms with Crippen LogP contribution in [-0.4, -0.2) is 30.9 Å². The maximum absolute atomic E-state index is 11.9. The summed E-state index contributed by atoms with van der Waals surface area (Å²) in [4.78, 5) is 11.9. The number of ether oxygens (including phenoxy) is 2. The van der Waals surface area contributed by atoms with Gasteiger partial charge in [0.05, 0.1) is 6.61 Å². The zero-order chi connectivity index (χ0) is 14.5. The number of hydrogen-bond donors (Lipinski definition) is 1. The third-order valence-electron chi connectivity index (χ3n) is 4.28. The Balaban J connectivity index is 1.36. The summed E-state index contributed by atoms with van der Waals surface area (Å²) in [6, 6.07) is 2.07. The van der Waals surface area contributed by atoms with Gasteiger partial charge in [-0.1, -0.05) is 6.42 Å². The average Bonchev–Trinajstić information content (AvgIpc) is 3.14. The summed E-state index contributed by atoms with van der Waals surface area (Å²) in [5, 5.41) is 7.10. The quantitative estimate of drug-likeness (QED) is 0.910. The molecule has 3 rings (SSSR count). The van der Waals surface area contributed by atoms with E-state index in [9.17, 15) is 4.79 Å². The molecule has 21 heavy (non-hydrogen) atoms. The molecule has 2 aliphatic rings. The van der Waals surface area contributed by atoms with E-state index in [4.69, 9.17) is 9.47 Å². The monoisotopic (exact) mass is 309 g/mol. The second kappa shape index (κ2) is 6.90. The van der Waals surface area contributed by atoms with Gasteiger partial charge in [0, 0.05) is 25.8 Å². The van der Waals surface area contributed by atoms with Crippen LogP contribution in [0.15, 0.2) is 16.8 Å². The van der Waals surface area contributed by atoms with Crippen molar-refractivity contribution in [3.8, 4) is 0 Å². The zero-order valence-corrected chi connectivity index (χ0v) is 13.1. The second-order valence-corrected chi connectivity index (χ2v) is 6.74. The van der Waals surface area contributed by atoms with E-state index in [1.165, 1.54) is 24.8 Å². The van der Waals surface area contributed by atoms with Crippen molar-refractivity contribution in [1.82, 2.24) is 5.32 Å². The Morgan fingerprint density at radius 1 is 1.38 bits per heavy atom. The minimum atomic E-state index is -0.343. The molecular weight excluding hydrogens is 286 g/mol. The lowest BCUT2D eigenvalue weighted by Crippen LogP contribution is -2.37. The first-order valence-electron chi connectivity index (χ1n) is 7.85. The number of carbonyl (C=O) groups excluding carboxylic acids is 1. The fourth-order valence-corrected chi connectivity index (χ4v) is 3.78. The van der Waals surface area contributed by atoms with Gasteiger partial charge in [0.1, 0.15) is 6.10 Å². The highest BCUT2D eigenvalue weighted by molar-refractivity contribution is 7.07. The summed E-state index contributed by atoms with van der Waals surface area (Å²) in [5.74, 6) is -0.251. The summed E-state index contributed by atoms with van der Waals surface area (Å²) in [7, 11) is 0. The van der Waals surface area contributed by atoms with Crippen LogP contribution < -0.4 is 5.32 Å². The molecule has 0 unspecified atom stereocenters. The van der Waals surface area contributed by atoms with Gasteiger partial charge in [-0.05, 0) is 41.7 Å². The lowest BCUT2D eigenvalue weighted by molar-refractivity contribution is -0.186. The van der Waals surface area contributed by atoms with Crippen LogP contribution in [0.4, 0.5) is 0 Å². The Kier molecular flexibility index (Phi) is 4.93. The summed E-state index contributed by atoms with van der Waals surface area (Å²) >= 11 is 1.67. The number of rotatable bonds is 5. The van der Waals surface area contributed by atoms with E-state index in [1.807, 2.05) is 5.38 Å². The van der Waals surface area contributed by atoms with Crippen LogP contribution in [0.25, 0.3) is 0 Å². The van der Waals surface area contributed by atoms with Crippen LogP contribution in [0.5, 0.6) is 0 Å². The van der Waals surface area contributed by atoms with Crippen molar-refractivity contribution in [2.24, 2.45) is 0 Å². The van der Waals surface area contributed by atoms with Gasteiger partial charge in [-0.15, -0.1) is 0 Å². The highest BCUT2D eigenvalue weighted by atomic mass is 32.1. The molecule has 1 aliphatic carbocycles. The fourth-order valence-electron chi connectivity index (χ4n) is 3.08. The molecule has 4 nitrogen and oxygen atoms in total. The van der Waals surface area contributed by atoms with Crippen LogP contribution >= 0.6 is 11.3 Å². The summed E-state index contributed by atoms with van der Waals surface area (Å²) in [6.07, 6.45) is 6.98. The first-order valence-corrected chi connectivity index (χ1v) is 8.80. The van der Waals surface area contributed by atoms with Crippen LogP contribution in [0.1, 0.15) is 44.1 Å². The smallest absolute Gasteiger partial charge is 0.220 e. The largest absolute Gasteiger partial charge is 0.353 e. The van der Waals surface area contributed by atoms with Crippen LogP contribution in [0.2, 0.25) is 0 Å². The number of amides is 1. The minimum absolute atomic E-state index is 0.00759. The molecule has 1 spiro atoms. The van der Waals surface area contributed by atoms with Crippen molar-refractivity contribution in [2.75, 3.05) is 13.2 Å². The summed E-state index contributed by atoms with van der Waals surface area (Å²) in [5.41, 5.74) is 1.23. The topological polar surface area (TPSA) is 47.6 Å². The molecule has 1 atom stereocenters. The molecule has 5 heteroatoms. The second-order valence-electron chi connectivity index (χ2n) is 5.96. The standard InChI is InChI=1S/C16H23NO3S/c18-15(5-4-13-6-9-21-12-13)17-10-14-11-19-16(20-14)7-2-1-3-8-16/h6,9,12,14H,1-5,7-8,10-11H2,(H,17,18)/t14-/m0/s1. The van der Waals surface area contributed by atoms with E-state index in [0.29, 0.717) is 19.6 Å². The highest BCUT2D eigenvalue weighted by Gasteiger charge is 2.42. The number of hydrogen-bond acceptors (Lipinski definition) is 4. The molecule has 0 radical (unpaired) electrons. The summed E-state index contributed by atoms with van der Waals surface area (Å²) in [6.45, 7) is 1.16. The number of carbonyl (C=O) groups is 1. The van der Waals surface area contributed by atoms with Crippen molar-refractivity contribution in [3.63, 3.8) is 0 Å². The number of aryl methyl sites for hydroxylation is 1. The van der Waals surface area contributed by atoms with Crippen LogP contribution in [0, 0.1) is 0 Å². The Bertz CT molecular complexity index is 454. The molecule has 1 aliphatic heterocycles. The molecule has 2 heterocycles.